The second kappa shape index (κ2) is 11.1. The van der Waals surface area contributed by atoms with Crippen molar-refractivity contribution in [1.29, 1.82) is 0 Å². The average molecular weight is 635 g/mol. The normalized spacial score (nSPS) is 14.8. The van der Waals surface area contributed by atoms with Crippen molar-refractivity contribution in [2.45, 2.75) is 0 Å². The van der Waals surface area contributed by atoms with Crippen LogP contribution in [0.3, 0.4) is 0 Å². The van der Waals surface area contributed by atoms with E-state index >= 15 is 0 Å². The summed E-state index contributed by atoms with van der Waals surface area (Å²) in [4.78, 5) is 14.3. The predicted molar refractivity (Wildman–Crippen MR) is 195 cm³/mol. The van der Waals surface area contributed by atoms with E-state index in [9.17, 15) is 4.11 Å². The lowest BCUT2D eigenvalue weighted by Crippen LogP contribution is -2.00. The quantitative estimate of drug-likeness (QED) is 0.189. The summed E-state index contributed by atoms with van der Waals surface area (Å²) in [6.07, 6.45) is 0. The van der Waals surface area contributed by atoms with Gasteiger partial charge in [0.1, 0.15) is 0 Å². The van der Waals surface area contributed by atoms with Crippen LogP contribution in [0.15, 0.2) is 151 Å². The van der Waals surface area contributed by atoms with Crippen molar-refractivity contribution in [3.8, 4) is 56.4 Å². The molecular weight excluding hydrogens is 599 g/mol. The summed E-state index contributed by atoms with van der Waals surface area (Å²) in [6.45, 7) is 0. The number of hydrogen-bond acceptors (Lipinski definition) is 5. The minimum absolute atomic E-state index is 0.00196. The highest BCUT2D eigenvalue weighted by Gasteiger charge is 2.16. The largest absolute Gasteiger partial charge is 0.208 e. The molecule has 0 aliphatic rings. The van der Waals surface area contributed by atoms with Crippen LogP contribution in [0.5, 0.6) is 0 Å². The molecule has 9 aromatic rings. The molecule has 46 heavy (non-hydrogen) atoms. The first kappa shape index (κ1) is 17.9. The van der Waals surface area contributed by atoms with Crippen LogP contribution >= 0.6 is 22.7 Å². The van der Waals surface area contributed by atoms with E-state index in [4.69, 9.17) is 25.9 Å². The van der Waals surface area contributed by atoms with Crippen molar-refractivity contribution >= 4 is 52.9 Å². The van der Waals surface area contributed by atoms with Crippen LogP contribution in [0.2, 0.25) is 0 Å². The van der Waals surface area contributed by atoms with Gasteiger partial charge < -0.3 is 0 Å². The van der Waals surface area contributed by atoms with Crippen LogP contribution in [-0.4, -0.2) is 15.0 Å². The SMILES string of the molecule is [2H]c1c([2H])c([2H])c(-c2c([2H])c([2H])c([2H])c3sc4c([2H])c(-c5nc(-c6ccccc6)nc(-c6ccc(-c7csc8ccccc78)cc6)n5)c([2H])c([2H])c4c23)c([2H])c1[2H]. The molecule has 0 N–H and O–H groups in total. The van der Waals surface area contributed by atoms with Crippen molar-refractivity contribution in [2.24, 2.45) is 0 Å². The number of aromatic nitrogens is 3. The van der Waals surface area contributed by atoms with Gasteiger partial charge in [0.25, 0.3) is 0 Å². The van der Waals surface area contributed by atoms with E-state index in [1.807, 2.05) is 66.7 Å². The second-order valence-corrected chi connectivity index (χ2v) is 12.3. The van der Waals surface area contributed by atoms with Gasteiger partial charge in [-0.1, -0.05) is 127 Å². The Balaban J connectivity index is 1.28. The van der Waals surface area contributed by atoms with Gasteiger partial charge in [0.2, 0.25) is 0 Å². The lowest BCUT2D eigenvalue weighted by Gasteiger charge is -2.09. The summed E-state index contributed by atoms with van der Waals surface area (Å²) in [5.74, 6) is 0.519. The summed E-state index contributed by atoms with van der Waals surface area (Å²) < 4.78 is 97.9. The highest BCUT2D eigenvalue weighted by atomic mass is 32.1. The van der Waals surface area contributed by atoms with E-state index in [0.29, 0.717) is 11.1 Å². The second-order valence-electron chi connectivity index (χ2n) is 10.4. The number of hydrogen-bond donors (Lipinski definition) is 0. The Morgan fingerprint density at radius 2 is 1.15 bits per heavy atom. The monoisotopic (exact) mass is 634 g/mol. The Morgan fingerprint density at radius 1 is 0.457 bits per heavy atom. The zero-order chi connectivity index (χ0) is 40.0. The van der Waals surface area contributed by atoms with E-state index in [-0.39, 0.29) is 66.4 Å². The first-order valence-electron chi connectivity index (χ1n) is 19.8. The fourth-order valence-electron chi connectivity index (χ4n) is 5.46. The smallest absolute Gasteiger partial charge is 0.164 e. The van der Waals surface area contributed by atoms with Gasteiger partial charge in [0.15, 0.2) is 17.5 Å². The summed E-state index contributed by atoms with van der Waals surface area (Å²) in [5.41, 5.74) is 2.74. The van der Waals surface area contributed by atoms with E-state index in [0.717, 1.165) is 27.8 Å². The molecule has 0 bridgehead atoms. The summed E-state index contributed by atoms with van der Waals surface area (Å²) >= 11 is 2.57. The number of thiophene rings is 2. The van der Waals surface area contributed by atoms with Gasteiger partial charge in [0, 0.05) is 52.5 Å². The molecule has 0 unspecified atom stereocenters. The van der Waals surface area contributed by atoms with Crippen molar-refractivity contribution in [3.63, 3.8) is 0 Å². The van der Waals surface area contributed by atoms with Crippen LogP contribution in [0.4, 0.5) is 0 Å². The molecular formula is C41H25N3S2. The number of nitrogens with zero attached hydrogens (tertiary/aromatic N) is 3. The van der Waals surface area contributed by atoms with Crippen molar-refractivity contribution in [2.75, 3.05) is 0 Å². The summed E-state index contributed by atoms with van der Waals surface area (Å²) in [7, 11) is 0. The standard InChI is InChI=1S/C41H25N3S2/c1-3-10-26(11-4-1)31-15-9-17-36-38(31)33-23-22-30(24-37(33)46-36)41-43-39(28-12-5-2-6-13-28)42-40(44-41)29-20-18-27(19-21-29)34-25-45-35-16-8-7-14-32(34)35/h1-25H/i1D,3D,4D,9D,10D,11D,15D,17D,22D,23D,24D. The maximum Gasteiger partial charge on any atom is 0.164 e. The molecule has 0 fully saturated rings. The summed E-state index contributed by atoms with van der Waals surface area (Å²) in [5, 5.41) is 3.26. The molecule has 6 aromatic carbocycles. The molecule has 3 heterocycles. The van der Waals surface area contributed by atoms with Gasteiger partial charge in [-0.3, -0.25) is 0 Å². The Morgan fingerprint density at radius 3 is 1.96 bits per heavy atom. The lowest BCUT2D eigenvalue weighted by atomic mass is 9.99. The average Bonchev–Trinajstić information content (AvgIpc) is 3.85. The van der Waals surface area contributed by atoms with Crippen molar-refractivity contribution < 1.29 is 15.1 Å². The van der Waals surface area contributed by atoms with Crippen LogP contribution in [-0.2, 0) is 0 Å². The fourth-order valence-corrected chi connectivity index (χ4v) is 7.45. The Kier molecular flexibility index (Phi) is 4.33. The van der Waals surface area contributed by atoms with Crippen molar-refractivity contribution in [3.05, 3.63) is 151 Å². The number of fused-ring (bicyclic) bond motifs is 4. The minimum Gasteiger partial charge on any atom is -0.208 e. The molecule has 0 atom stereocenters. The topological polar surface area (TPSA) is 38.7 Å². The zero-order valence-electron chi connectivity index (χ0n) is 34.7. The molecule has 216 valence electrons. The van der Waals surface area contributed by atoms with E-state index in [1.165, 1.54) is 4.70 Å². The van der Waals surface area contributed by atoms with E-state index < -0.39 is 54.4 Å². The Labute approximate surface area is 289 Å². The Bertz CT molecular complexity index is 3120. The van der Waals surface area contributed by atoms with Gasteiger partial charge in [-0.2, -0.15) is 0 Å². The molecule has 0 radical (unpaired) electrons. The van der Waals surface area contributed by atoms with Crippen LogP contribution in [0.25, 0.3) is 86.7 Å². The highest BCUT2D eigenvalue weighted by Crippen LogP contribution is 2.41. The minimum atomic E-state index is -0.648. The molecule has 0 saturated carbocycles. The first-order valence-corrected chi connectivity index (χ1v) is 16.0. The molecule has 3 aromatic heterocycles. The molecule has 0 spiro atoms. The fraction of sp³-hybridized carbons (Fsp3) is 0. The molecule has 0 aliphatic carbocycles. The molecule has 9 rings (SSSR count). The summed E-state index contributed by atoms with van der Waals surface area (Å²) in [6, 6.07) is 19.4. The van der Waals surface area contributed by atoms with Gasteiger partial charge in [0.05, 0.1) is 15.1 Å². The Hall–Kier alpha value is -5.49. The maximum absolute atomic E-state index is 9.50. The van der Waals surface area contributed by atoms with Crippen LogP contribution in [0.1, 0.15) is 15.1 Å². The van der Waals surface area contributed by atoms with E-state index in [2.05, 4.69) is 17.5 Å². The lowest BCUT2D eigenvalue weighted by molar-refractivity contribution is 1.07. The molecule has 0 amide bonds. The van der Waals surface area contributed by atoms with Crippen LogP contribution in [0, 0.1) is 0 Å². The third-order valence-electron chi connectivity index (χ3n) is 7.65. The number of benzene rings is 6. The third kappa shape index (κ3) is 4.69. The number of rotatable bonds is 5. The maximum atomic E-state index is 9.50. The van der Waals surface area contributed by atoms with Gasteiger partial charge in [-0.05, 0) is 40.2 Å². The third-order valence-corrected chi connectivity index (χ3v) is 9.63. The van der Waals surface area contributed by atoms with Gasteiger partial charge in [-0.15, -0.1) is 22.7 Å². The van der Waals surface area contributed by atoms with Gasteiger partial charge in [-0.25, -0.2) is 15.0 Å². The zero-order valence-corrected chi connectivity index (χ0v) is 25.4. The predicted octanol–water partition coefficient (Wildman–Crippen LogP) is 11.8. The molecule has 3 nitrogen and oxygen atoms in total. The van der Waals surface area contributed by atoms with E-state index in [1.54, 1.807) is 11.3 Å². The van der Waals surface area contributed by atoms with Crippen molar-refractivity contribution in [1.82, 2.24) is 15.0 Å². The highest BCUT2D eigenvalue weighted by molar-refractivity contribution is 7.26. The molecule has 5 heteroatoms. The van der Waals surface area contributed by atoms with Gasteiger partial charge >= 0.3 is 0 Å². The molecule has 0 saturated heterocycles. The first-order chi connectivity index (χ1) is 27.4. The van der Waals surface area contributed by atoms with Crippen LogP contribution < -0.4 is 0 Å². The molecule has 0 aliphatic heterocycles.